The lowest BCUT2D eigenvalue weighted by molar-refractivity contribution is 0.0356. The average Bonchev–Trinajstić information content (AvgIpc) is 3.07. The molecule has 0 amide bonds. The molecular weight excluding hydrogens is 228 g/mol. The van der Waals surface area contributed by atoms with Gasteiger partial charge in [0.25, 0.3) is 0 Å². The first-order chi connectivity index (χ1) is 8.83. The highest BCUT2D eigenvalue weighted by Gasteiger charge is 2.26. The van der Waals surface area contributed by atoms with E-state index in [9.17, 15) is 0 Å². The highest BCUT2D eigenvalue weighted by molar-refractivity contribution is 4.85. The average molecular weight is 256 g/mol. The zero-order valence-corrected chi connectivity index (χ0v) is 11.9. The van der Waals surface area contributed by atoms with E-state index in [0.29, 0.717) is 12.1 Å². The molecule has 0 aromatic heterocycles. The number of methoxy groups -OCH3 is 1. The van der Waals surface area contributed by atoms with Gasteiger partial charge < -0.3 is 14.8 Å². The Kier molecular flexibility index (Phi) is 5.89. The van der Waals surface area contributed by atoms with Gasteiger partial charge in [0.1, 0.15) is 0 Å². The van der Waals surface area contributed by atoms with E-state index >= 15 is 0 Å². The van der Waals surface area contributed by atoms with Gasteiger partial charge in [-0.25, -0.2) is 0 Å². The molecule has 0 bridgehead atoms. The SMILES string of the molecule is CCN(CC1CCCO1)C(CNC1CC1)COC. The third kappa shape index (κ3) is 4.50. The first-order valence-electron chi connectivity index (χ1n) is 7.41. The van der Waals surface area contributed by atoms with Gasteiger partial charge in [-0.15, -0.1) is 0 Å². The van der Waals surface area contributed by atoms with Crippen molar-refractivity contribution in [1.29, 1.82) is 0 Å². The Morgan fingerprint density at radius 3 is 2.78 bits per heavy atom. The molecule has 18 heavy (non-hydrogen) atoms. The summed E-state index contributed by atoms with van der Waals surface area (Å²) in [6, 6.07) is 1.25. The third-order valence-corrected chi connectivity index (χ3v) is 3.96. The summed E-state index contributed by atoms with van der Waals surface area (Å²) in [6.45, 7) is 7.14. The molecule has 0 aromatic rings. The zero-order valence-electron chi connectivity index (χ0n) is 11.9. The van der Waals surface area contributed by atoms with E-state index in [1.807, 2.05) is 0 Å². The number of likely N-dealkylation sites (N-methyl/N-ethyl adjacent to an activating group) is 1. The van der Waals surface area contributed by atoms with Crippen LogP contribution in [0.1, 0.15) is 32.6 Å². The van der Waals surface area contributed by atoms with Crippen molar-refractivity contribution in [2.75, 3.05) is 40.0 Å². The van der Waals surface area contributed by atoms with Gasteiger partial charge in [-0.05, 0) is 32.2 Å². The van der Waals surface area contributed by atoms with Gasteiger partial charge >= 0.3 is 0 Å². The third-order valence-electron chi connectivity index (χ3n) is 3.96. The highest BCUT2D eigenvalue weighted by atomic mass is 16.5. The van der Waals surface area contributed by atoms with Gasteiger partial charge in [0.15, 0.2) is 0 Å². The number of rotatable bonds is 9. The topological polar surface area (TPSA) is 33.7 Å². The van der Waals surface area contributed by atoms with Crippen LogP contribution >= 0.6 is 0 Å². The van der Waals surface area contributed by atoms with Crippen molar-refractivity contribution in [2.45, 2.75) is 50.8 Å². The molecule has 2 fully saturated rings. The van der Waals surface area contributed by atoms with E-state index in [2.05, 4.69) is 17.1 Å². The Balaban J connectivity index is 1.78. The van der Waals surface area contributed by atoms with Crippen LogP contribution in [0.3, 0.4) is 0 Å². The van der Waals surface area contributed by atoms with Crippen molar-refractivity contribution >= 4 is 0 Å². The van der Waals surface area contributed by atoms with Crippen LogP contribution in [0.5, 0.6) is 0 Å². The van der Waals surface area contributed by atoms with Crippen LogP contribution in [0.25, 0.3) is 0 Å². The van der Waals surface area contributed by atoms with E-state index < -0.39 is 0 Å². The molecule has 2 rings (SSSR count). The smallest absolute Gasteiger partial charge is 0.0702 e. The van der Waals surface area contributed by atoms with Crippen molar-refractivity contribution in [3.05, 3.63) is 0 Å². The maximum Gasteiger partial charge on any atom is 0.0702 e. The summed E-state index contributed by atoms with van der Waals surface area (Å²) in [7, 11) is 1.80. The zero-order chi connectivity index (χ0) is 12.8. The maximum atomic E-state index is 5.75. The molecule has 1 aliphatic carbocycles. The van der Waals surface area contributed by atoms with Crippen molar-refractivity contribution < 1.29 is 9.47 Å². The Labute approximate surface area is 111 Å². The van der Waals surface area contributed by atoms with Crippen molar-refractivity contribution in [3.63, 3.8) is 0 Å². The molecule has 106 valence electrons. The Bertz CT molecular complexity index is 228. The largest absolute Gasteiger partial charge is 0.383 e. The predicted octanol–water partition coefficient (Wildman–Crippen LogP) is 1.25. The highest BCUT2D eigenvalue weighted by Crippen LogP contribution is 2.19. The summed E-state index contributed by atoms with van der Waals surface area (Å²) in [5.41, 5.74) is 0. The van der Waals surface area contributed by atoms with Gasteiger partial charge in [0.2, 0.25) is 0 Å². The lowest BCUT2D eigenvalue weighted by atomic mass is 10.2. The molecular formula is C14H28N2O2. The van der Waals surface area contributed by atoms with Crippen LogP contribution in [0, 0.1) is 0 Å². The molecule has 1 aliphatic heterocycles. The Hall–Kier alpha value is -0.160. The first-order valence-corrected chi connectivity index (χ1v) is 7.41. The van der Waals surface area contributed by atoms with E-state index in [1.54, 1.807) is 7.11 Å². The lowest BCUT2D eigenvalue weighted by Crippen LogP contribution is -2.48. The van der Waals surface area contributed by atoms with Gasteiger partial charge in [0.05, 0.1) is 12.7 Å². The molecule has 1 heterocycles. The first kappa shape index (κ1) is 14.3. The summed E-state index contributed by atoms with van der Waals surface area (Å²) in [4.78, 5) is 2.51. The second kappa shape index (κ2) is 7.43. The number of nitrogens with zero attached hydrogens (tertiary/aromatic N) is 1. The Morgan fingerprint density at radius 1 is 1.39 bits per heavy atom. The van der Waals surface area contributed by atoms with Crippen molar-refractivity contribution in [1.82, 2.24) is 10.2 Å². The Morgan fingerprint density at radius 2 is 2.22 bits per heavy atom. The fourth-order valence-corrected chi connectivity index (χ4v) is 2.66. The quantitative estimate of drug-likeness (QED) is 0.673. The summed E-state index contributed by atoms with van der Waals surface area (Å²) in [5.74, 6) is 0. The minimum Gasteiger partial charge on any atom is -0.383 e. The van der Waals surface area contributed by atoms with Crippen molar-refractivity contribution in [3.8, 4) is 0 Å². The van der Waals surface area contributed by atoms with E-state index in [4.69, 9.17) is 9.47 Å². The fourth-order valence-electron chi connectivity index (χ4n) is 2.66. The molecule has 0 spiro atoms. The minimum absolute atomic E-state index is 0.435. The summed E-state index contributed by atoms with van der Waals surface area (Å²) >= 11 is 0. The molecule has 2 aliphatic rings. The molecule has 1 saturated carbocycles. The molecule has 2 unspecified atom stereocenters. The van der Waals surface area contributed by atoms with Gasteiger partial charge in [-0.2, -0.15) is 0 Å². The number of hydrogen-bond acceptors (Lipinski definition) is 4. The maximum absolute atomic E-state index is 5.75. The van der Waals surface area contributed by atoms with Crippen molar-refractivity contribution in [2.24, 2.45) is 0 Å². The molecule has 4 heteroatoms. The van der Waals surface area contributed by atoms with Gasteiger partial charge in [-0.3, -0.25) is 4.90 Å². The van der Waals surface area contributed by atoms with Crippen LogP contribution in [0.15, 0.2) is 0 Å². The summed E-state index contributed by atoms with van der Waals surface area (Å²) < 4.78 is 11.1. The summed E-state index contributed by atoms with van der Waals surface area (Å²) in [5, 5.41) is 3.62. The predicted molar refractivity (Wildman–Crippen MR) is 72.9 cm³/mol. The molecule has 1 saturated heterocycles. The number of nitrogens with one attached hydrogen (secondary N) is 1. The van der Waals surface area contributed by atoms with Crippen LogP contribution in [-0.4, -0.2) is 63.0 Å². The molecule has 0 radical (unpaired) electrons. The van der Waals surface area contributed by atoms with Crippen LogP contribution in [-0.2, 0) is 9.47 Å². The standard InChI is InChI=1S/C14H28N2O2/c1-3-16(10-14-5-4-8-18-14)13(11-17-2)9-15-12-6-7-12/h12-15H,3-11H2,1-2H3. The van der Waals surface area contributed by atoms with Gasteiger partial charge in [0, 0.05) is 38.9 Å². The van der Waals surface area contributed by atoms with Gasteiger partial charge in [-0.1, -0.05) is 6.92 Å². The minimum atomic E-state index is 0.435. The normalized spacial score (nSPS) is 25.8. The lowest BCUT2D eigenvalue weighted by Gasteiger charge is -2.32. The number of hydrogen-bond donors (Lipinski definition) is 1. The second-order valence-corrected chi connectivity index (χ2v) is 5.51. The van der Waals surface area contributed by atoms with Crippen LogP contribution < -0.4 is 5.32 Å². The van der Waals surface area contributed by atoms with Crippen LogP contribution in [0.2, 0.25) is 0 Å². The monoisotopic (exact) mass is 256 g/mol. The van der Waals surface area contributed by atoms with E-state index in [0.717, 1.165) is 38.9 Å². The number of ether oxygens (including phenoxy) is 2. The van der Waals surface area contributed by atoms with E-state index in [-0.39, 0.29) is 0 Å². The van der Waals surface area contributed by atoms with E-state index in [1.165, 1.54) is 25.7 Å². The molecule has 2 atom stereocenters. The second-order valence-electron chi connectivity index (χ2n) is 5.51. The molecule has 1 N–H and O–H groups in total. The molecule has 0 aromatic carbocycles. The molecule has 4 nitrogen and oxygen atoms in total. The summed E-state index contributed by atoms with van der Waals surface area (Å²) in [6.07, 6.45) is 5.56. The fraction of sp³-hybridized carbons (Fsp3) is 1.00. The van der Waals surface area contributed by atoms with Crippen LogP contribution in [0.4, 0.5) is 0 Å².